The highest BCUT2D eigenvalue weighted by Gasteiger charge is 2.12. The van der Waals surface area contributed by atoms with E-state index >= 15 is 0 Å². The van der Waals surface area contributed by atoms with E-state index in [9.17, 15) is 0 Å². The molecule has 0 bridgehead atoms. The smallest absolute Gasteiger partial charge is 0.160 e. The SMILES string of the molecule is CSC(C)Cn1c(CCl)nc2cccnc21. The van der Waals surface area contributed by atoms with Crippen LogP contribution in [-0.2, 0) is 12.4 Å². The van der Waals surface area contributed by atoms with E-state index in [1.165, 1.54) is 0 Å². The first-order valence-electron chi connectivity index (χ1n) is 5.15. The topological polar surface area (TPSA) is 30.7 Å². The van der Waals surface area contributed by atoms with Crippen molar-refractivity contribution in [1.29, 1.82) is 0 Å². The van der Waals surface area contributed by atoms with Gasteiger partial charge in [0.25, 0.3) is 0 Å². The zero-order chi connectivity index (χ0) is 11.5. The number of aromatic nitrogens is 3. The van der Waals surface area contributed by atoms with Gasteiger partial charge in [-0.2, -0.15) is 11.8 Å². The minimum absolute atomic E-state index is 0.428. The van der Waals surface area contributed by atoms with Crippen LogP contribution < -0.4 is 0 Å². The molecule has 0 aliphatic rings. The van der Waals surface area contributed by atoms with Gasteiger partial charge >= 0.3 is 0 Å². The molecule has 2 aromatic heterocycles. The third-order valence-electron chi connectivity index (χ3n) is 2.54. The van der Waals surface area contributed by atoms with Crippen molar-refractivity contribution in [2.75, 3.05) is 6.26 Å². The third-order valence-corrected chi connectivity index (χ3v) is 3.74. The van der Waals surface area contributed by atoms with Gasteiger partial charge in [0, 0.05) is 18.0 Å². The Morgan fingerprint density at radius 3 is 3.06 bits per heavy atom. The number of pyridine rings is 1. The molecule has 2 heterocycles. The Labute approximate surface area is 104 Å². The maximum absolute atomic E-state index is 5.91. The van der Waals surface area contributed by atoms with Crippen molar-refractivity contribution in [3.05, 3.63) is 24.2 Å². The number of fused-ring (bicyclic) bond motifs is 1. The van der Waals surface area contributed by atoms with E-state index < -0.39 is 0 Å². The fraction of sp³-hybridized carbons (Fsp3) is 0.455. The van der Waals surface area contributed by atoms with E-state index in [4.69, 9.17) is 11.6 Å². The zero-order valence-electron chi connectivity index (χ0n) is 9.35. The van der Waals surface area contributed by atoms with Gasteiger partial charge in [0.15, 0.2) is 5.65 Å². The molecule has 0 amide bonds. The zero-order valence-corrected chi connectivity index (χ0v) is 10.9. The number of hydrogen-bond donors (Lipinski definition) is 0. The van der Waals surface area contributed by atoms with Crippen LogP contribution >= 0.6 is 23.4 Å². The molecule has 0 spiro atoms. The van der Waals surface area contributed by atoms with Crippen LogP contribution in [0.1, 0.15) is 12.7 Å². The summed E-state index contributed by atoms with van der Waals surface area (Å²) in [4.78, 5) is 8.85. The third kappa shape index (κ3) is 2.18. The second-order valence-corrected chi connectivity index (χ2v) is 5.21. The van der Waals surface area contributed by atoms with Crippen LogP contribution in [-0.4, -0.2) is 26.0 Å². The average Bonchev–Trinajstić information content (AvgIpc) is 2.67. The molecule has 0 radical (unpaired) electrons. The first-order chi connectivity index (χ1) is 7.76. The number of thioether (sulfide) groups is 1. The molecule has 0 aliphatic carbocycles. The highest BCUT2D eigenvalue weighted by molar-refractivity contribution is 7.99. The van der Waals surface area contributed by atoms with E-state index in [0.29, 0.717) is 11.1 Å². The summed E-state index contributed by atoms with van der Waals surface area (Å²) in [5, 5.41) is 0.529. The van der Waals surface area contributed by atoms with Crippen molar-refractivity contribution >= 4 is 34.5 Å². The molecule has 0 fully saturated rings. The lowest BCUT2D eigenvalue weighted by Gasteiger charge is -2.11. The fourth-order valence-electron chi connectivity index (χ4n) is 1.63. The Morgan fingerprint density at radius 2 is 2.38 bits per heavy atom. The van der Waals surface area contributed by atoms with E-state index in [1.807, 2.05) is 23.9 Å². The summed E-state index contributed by atoms with van der Waals surface area (Å²) < 4.78 is 2.11. The standard InChI is InChI=1S/C11H14ClN3S/c1-8(16-2)7-15-10(6-12)14-9-4-3-5-13-11(9)15/h3-5,8H,6-7H2,1-2H3. The van der Waals surface area contributed by atoms with Crippen molar-refractivity contribution in [1.82, 2.24) is 14.5 Å². The molecule has 0 aromatic carbocycles. The molecular formula is C11H14ClN3S. The highest BCUT2D eigenvalue weighted by atomic mass is 35.5. The van der Waals surface area contributed by atoms with E-state index in [2.05, 4.69) is 27.7 Å². The maximum Gasteiger partial charge on any atom is 0.160 e. The first kappa shape index (κ1) is 11.7. The number of nitrogens with zero attached hydrogens (tertiary/aromatic N) is 3. The van der Waals surface area contributed by atoms with Gasteiger partial charge < -0.3 is 4.57 Å². The van der Waals surface area contributed by atoms with Crippen molar-refractivity contribution in [3.8, 4) is 0 Å². The summed E-state index contributed by atoms with van der Waals surface area (Å²) in [5.74, 6) is 1.33. The van der Waals surface area contributed by atoms with Gasteiger partial charge in [-0.1, -0.05) is 6.92 Å². The molecule has 0 saturated carbocycles. The van der Waals surface area contributed by atoms with Crippen molar-refractivity contribution in [2.24, 2.45) is 0 Å². The minimum atomic E-state index is 0.428. The Bertz CT molecular complexity index is 483. The predicted octanol–water partition coefficient (Wildman–Crippen LogP) is 2.92. The van der Waals surface area contributed by atoms with Gasteiger partial charge in [0.05, 0.1) is 5.88 Å². The summed E-state index contributed by atoms with van der Waals surface area (Å²) in [5.41, 5.74) is 1.85. The molecule has 0 N–H and O–H groups in total. The number of rotatable bonds is 4. The quantitative estimate of drug-likeness (QED) is 0.787. The average molecular weight is 256 g/mol. The molecule has 1 unspecified atom stereocenters. The highest BCUT2D eigenvalue weighted by Crippen LogP contribution is 2.18. The summed E-state index contributed by atoms with van der Waals surface area (Å²) >= 11 is 7.74. The van der Waals surface area contributed by atoms with Crippen LogP contribution in [0.15, 0.2) is 18.3 Å². The molecule has 86 valence electrons. The van der Waals surface area contributed by atoms with Gasteiger partial charge in [-0.15, -0.1) is 11.6 Å². The lowest BCUT2D eigenvalue weighted by atomic mass is 10.4. The molecule has 0 aliphatic heterocycles. The molecule has 0 saturated heterocycles. The molecule has 2 aromatic rings. The van der Waals surface area contributed by atoms with E-state index in [0.717, 1.165) is 23.5 Å². The molecule has 2 rings (SSSR count). The number of hydrogen-bond acceptors (Lipinski definition) is 3. The van der Waals surface area contributed by atoms with Crippen LogP contribution in [0, 0.1) is 0 Å². The van der Waals surface area contributed by atoms with Crippen LogP contribution in [0.2, 0.25) is 0 Å². The normalized spacial score (nSPS) is 13.2. The van der Waals surface area contributed by atoms with Crippen molar-refractivity contribution in [2.45, 2.75) is 24.6 Å². The summed E-state index contributed by atoms with van der Waals surface area (Å²) in [6.07, 6.45) is 3.90. The van der Waals surface area contributed by atoms with Gasteiger partial charge in [-0.25, -0.2) is 9.97 Å². The lowest BCUT2D eigenvalue weighted by molar-refractivity contribution is 0.679. The molecule has 1 atom stereocenters. The van der Waals surface area contributed by atoms with Gasteiger partial charge in [0.1, 0.15) is 11.3 Å². The van der Waals surface area contributed by atoms with Crippen LogP contribution in [0.3, 0.4) is 0 Å². The van der Waals surface area contributed by atoms with E-state index in [1.54, 1.807) is 6.20 Å². The fourth-order valence-corrected chi connectivity index (χ4v) is 2.13. The summed E-state index contributed by atoms with van der Waals surface area (Å²) in [6, 6.07) is 3.87. The maximum atomic E-state index is 5.91. The monoisotopic (exact) mass is 255 g/mol. The van der Waals surface area contributed by atoms with Gasteiger partial charge in [0.2, 0.25) is 0 Å². The van der Waals surface area contributed by atoms with Crippen LogP contribution in [0.25, 0.3) is 11.2 Å². The second-order valence-electron chi connectivity index (χ2n) is 3.66. The van der Waals surface area contributed by atoms with Crippen LogP contribution in [0.5, 0.6) is 0 Å². The largest absolute Gasteiger partial charge is 0.311 e. The summed E-state index contributed by atoms with van der Waals surface area (Å²) in [6.45, 7) is 3.09. The Hall–Kier alpha value is -0.740. The first-order valence-corrected chi connectivity index (χ1v) is 6.97. The Morgan fingerprint density at radius 1 is 1.56 bits per heavy atom. The predicted molar refractivity (Wildman–Crippen MR) is 70.1 cm³/mol. The number of alkyl halides is 1. The van der Waals surface area contributed by atoms with Crippen molar-refractivity contribution in [3.63, 3.8) is 0 Å². The Balaban J connectivity index is 2.47. The summed E-state index contributed by atoms with van der Waals surface area (Å²) in [7, 11) is 0. The van der Waals surface area contributed by atoms with E-state index in [-0.39, 0.29) is 0 Å². The van der Waals surface area contributed by atoms with Gasteiger partial charge in [-0.3, -0.25) is 0 Å². The molecule has 16 heavy (non-hydrogen) atoms. The van der Waals surface area contributed by atoms with Crippen molar-refractivity contribution < 1.29 is 0 Å². The second kappa shape index (κ2) is 5.06. The number of halogens is 1. The molecular weight excluding hydrogens is 242 g/mol. The lowest BCUT2D eigenvalue weighted by Crippen LogP contribution is -2.11. The minimum Gasteiger partial charge on any atom is -0.311 e. The number of imidazole rings is 1. The molecule has 5 heteroatoms. The van der Waals surface area contributed by atoms with Crippen LogP contribution in [0.4, 0.5) is 0 Å². The molecule has 3 nitrogen and oxygen atoms in total. The van der Waals surface area contributed by atoms with Gasteiger partial charge in [-0.05, 0) is 18.4 Å². The Kier molecular flexibility index (Phi) is 3.71.